The van der Waals surface area contributed by atoms with E-state index in [0.29, 0.717) is 6.04 Å². The summed E-state index contributed by atoms with van der Waals surface area (Å²) in [7, 11) is 2.06. The number of hydrogen-bond acceptors (Lipinski definition) is 4. The van der Waals surface area contributed by atoms with E-state index in [1.165, 1.54) is 41.6 Å². The summed E-state index contributed by atoms with van der Waals surface area (Å²) in [5, 5.41) is 0.804. The van der Waals surface area contributed by atoms with Crippen molar-refractivity contribution in [3.05, 3.63) is 64.2 Å². The van der Waals surface area contributed by atoms with Gasteiger partial charge in [-0.1, -0.05) is 35.4 Å². The zero-order chi connectivity index (χ0) is 24.7. The fourth-order valence-corrected chi connectivity index (χ4v) is 4.79. The molecule has 0 radical (unpaired) electrons. The van der Waals surface area contributed by atoms with Crippen molar-refractivity contribution in [1.29, 1.82) is 0 Å². The lowest BCUT2D eigenvalue weighted by atomic mass is 9.91. The molecular weight excluding hydrogens is 446 g/mol. The monoisotopic (exact) mass is 485 g/mol. The minimum absolute atomic E-state index is 0.0212. The molecule has 186 valence electrons. The largest absolute Gasteiger partial charge is 0.447 e. The standard InChI is InChI=1S/C19H22ClN.C9H18N2O2/c1-14-6-11-18(15(2)13-14)19-5-3-4-12-21(19)17-9-7-16(20)8-10-17;1-8(2)13-9(12)11-6-4-10(3)5-7-11/h6-11,13,19H,3-5,12H2,1-2H3;8H,4-7H2,1-3H3. The second-order valence-electron chi connectivity index (χ2n) is 9.76. The highest BCUT2D eigenvalue weighted by atomic mass is 35.5. The van der Waals surface area contributed by atoms with Gasteiger partial charge in [0.1, 0.15) is 0 Å². The Morgan fingerprint density at radius 2 is 1.65 bits per heavy atom. The highest BCUT2D eigenvalue weighted by Crippen LogP contribution is 2.36. The highest BCUT2D eigenvalue weighted by Gasteiger charge is 2.25. The second-order valence-corrected chi connectivity index (χ2v) is 10.2. The number of aryl methyl sites for hydroxylation is 2. The van der Waals surface area contributed by atoms with E-state index in [1.807, 2.05) is 26.0 Å². The molecule has 2 heterocycles. The van der Waals surface area contributed by atoms with Crippen molar-refractivity contribution in [2.45, 2.75) is 59.1 Å². The molecule has 2 fully saturated rings. The number of halogens is 1. The van der Waals surface area contributed by atoms with Gasteiger partial charge in [-0.2, -0.15) is 0 Å². The smallest absolute Gasteiger partial charge is 0.410 e. The molecule has 2 saturated heterocycles. The van der Waals surface area contributed by atoms with E-state index in [2.05, 4.69) is 61.0 Å². The van der Waals surface area contributed by atoms with Gasteiger partial charge < -0.3 is 19.4 Å². The van der Waals surface area contributed by atoms with Crippen LogP contribution in [0, 0.1) is 13.8 Å². The molecule has 2 aromatic carbocycles. The van der Waals surface area contributed by atoms with Gasteiger partial charge in [0.05, 0.1) is 12.1 Å². The Labute approximate surface area is 210 Å². The second kappa shape index (κ2) is 12.5. The molecule has 0 saturated carbocycles. The van der Waals surface area contributed by atoms with E-state index >= 15 is 0 Å². The van der Waals surface area contributed by atoms with E-state index in [-0.39, 0.29) is 12.2 Å². The molecule has 0 bridgehead atoms. The van der Waals surface area contributed by atoms with Gasteiger partial charge in [0, 0.05) is 43.4 Å². The first kappa shape index (κ1) is 26.4. The molecule has 0 aromatic heterocycles. The minimum atomic E-state index is -0.178. The predicted molar refractivity (Wildman–Crippen MR) is 142 cm³/mol. The van der Waals surface area contributed by atoms with Crippen molar-refractivity contribution < 1.29 is 9.53 Å². The molecule has 1 unspecified atom stereocenters. The van der Waals surface area contributed by atoms with Crippen molar-refractivity contribution in [2.75, 3.05) is 44.7 Å². The summed E-state index contributed by atoms with van der Waals surface area (Å²) in [5.74, 6) is 0. The summed E-state index contributed by atoms with van der Waals surface area (Å²) >= 11 is 6.03. The van der Waals surface area contributed by atoms with Crippen molar-refractivity contribution >= 4 is 23.4 Å². The van der Waals surface area contributed by atoms with E-state index < -0.39 is 0 Å². The summed E-state index contributed by atoms with van der Waals surface area (Å²) < 4.78 is 5.09. The number of piperazine rings is 1. The molecule has 34 heavy (non-hydrogen) atoms. The van der Waals surface area contributed by atoms with Gasteiger partial charge in [0.15, 0.2) is 0 Å². The number of piperidine rings is 1. The van der Waals surface area contributed by atoms with Crippen molar-refractivity contribution in [3.63, 3.8) is 0 Å². The molecule has 0 N–H and O–H groups in total. The van der Waals surface area contributed by atoms with Crippen LogP contribution in [0.25, 0.3) is 0 Å². The minimum Gasteiger partial charge on any atom is -0.447 e. The number of likely N-dealkylation sites (N-methyl/N-ethyl adjacent to an activating group) is 1. The summed E-state index contributed by atoms with van der Waals surface area (Å²) in [6.45, 7) is 12.7. The van der Waals surface area contributed by atoms with Crippen LogP contribution in [0.1, 0.15) is 55.8 Å². The number of nitrogens with zero attached hydrogens (tertiary/aromatic N) is 3. The van der Waals surface area contributed by atoms with Crippen molar-refractivity contribution in [1.82, 2.24) is 9.80 Å². The van der Waals surface area contributed by atoms with Crippen LogP contribution >= 0.6 is 11.6 Å². The van der Waals surface area contributed by atoms with Crippen LogP contribution in [-0.2, 0) is 4.74 Å². The molecule has 1 atom stereocenters. The van der Waals surface area contributed by atoms with Gasteiger partial charge in [-0.15, -0.1) is 0 Å². The predicted octanol–water partition coefficient (Wildman–Crippen LogP) is 6.47. The number of carbonyl (C=O) groups is 1. The quantitative estimate of drug-likeness (QED) is 0.499. The molecule has 2 aromatic rings. The Morgan fingerprint density at radius 3 is 2.26 bits per heavy atom. The zero-order valence-corrected chi connectivity index (χ0v) is 22.1. The molecule has 2 aliphatic heterocycles. The Morgan fingerprint density at radius 1 is 0.971 bits per heavy atom. The topological polar surface area (TPSA) is 36.0 Å². The lowest BCUT2D eigenvalue weighted by Gasteiger charge is -2.38. The first-order chi connectivity index (χ1) is 16.2. The third kappa shape index (κ3) is 7.38. The highest BCUT2D eigenvalue weighted by molar-refractivity contribution is 6.30. The normalized spacial score (nSPS) is 19.0. The number of rotatable bonds is 3. The first-order valence-electron chi connectivity index (χ1n) is 12.5. The van der Waals surface area contributed by atoms with Crippen LogP contribution < -0.4 is 4.90 Å². The molecule has 0 aliphatic carbocycles. The Bertz CT molecular complexity index is 924. The van der Waals surface area contributed by atoms with Crippen molar-refractivity contribution in [3.8, 4) is 0 Å². The van der Waals surface area contributed by atoms with E-state index in [9.17, 15) is 4.79 Å². The Kier molecular flexibility index (Phi) is 9.66. The lowest BCUT2D eigenvalue weighted by molar-refractivity contribution is 0.0612. The summed E-state index contributed by atoms with van der Waals surface area (Å²) in [6, 6.07) is 15.6. The van der Waals surface area contributed by atoms with Gasteiger partial charge in [-0.25, -0.2) is 4.79 Å². The average Bonchev–Trinajstić information content (AvgIpc) is 2.80. The first-order valence-corrected chi connectivity index (χ1v) is 12.9. The number of amides is 1. The Hall–Kier alpha value is -2.24. The summed E-state index contributed by atoms with van der Waals surface area (Å²) in [5.41, 5.74) is 5.49. The molecule has 6 heteroatoms. The van der Waals surface area contributed by atoms with Gasteiger partial charge >= 0.3 is 6.09 Å². The SMILES string of the molecule is CC(C)OC(=O)N1CCN(C)CC1.Cc1ccc(C2CCCCN2c2ccc(Cl)cc2)c(C)c1. The molecule has 2 aliphatic rings. The van der Waals surface area contributed by atoms with E-state index in [4.69, 9.17) is 16.3 Å². The molecule has 5 nitrogen and oxygen atoms in total. The number of anilines is 1. The fraction of sp³-hybridized carbons (Fsp3) is 0.536. The number of ether oxygens (including phenoxy) is 1. The maximum absolute atomic E-state index is 11.4. The molecular formula is C28H40ClN3O2. The van der Waals surface area contributed by atoms with E-state index in [0.717, 1.165) is 37.7 Å². The maximum Gasteiger partial charge on any atom is 0.410 e. The molecule has 1 amide bonds. The lowest BCUT2D eigenvalue weighted by Crippen LogP contribution is -2.47. The van der Waals surface area contributed by atoms with Crippen LogP contribution in [0.2, 0.25) is 5.02 Å². The third-order valence-corrected chi connectivity index (χ3v) is 6.80. The van der Waals surface area contributed by atoms with Crippen LogP contribution in [0.3, 0.4) is 0 Å². The van der Waals surface area contributed by atoms with Crippen LogP contribution in [0.5, 0.6) is 0 Å². The Balaban J connectivity index is 0.000000215. The number of benzene rings is 2. The molecule has 0 spiro atoms. The van der Waals surface area contributed by atoms with Crippen LogP contribution in [0.15, 0.2) is 42.5 Å². The number of carbonyl (C=O) groups excluding carboxylic acids is 1. The van der Waals surface area contributed by atoms with Gasteiger partial charge in [0.25, 0.3) is 0 Å². The third-order valence-electron chi connectivity index (χ3n) is 6.54. The summed E-state index contributed by atoms with van der Waals surface area (Å²) in [6.07, 6.45) is 3.61. The van der Waals surface area contributed by atoms with E-state index in [1.54, 1.807) is 4.90 Å². The van der Waals surface area contributed by atoms with Crippen molar-refractivity contribution in [2.24, 2.45) is 0 Å². The fourth-order valence-electron chi connectivity index (χ4n) is 4.66. The number of hydrogen-bond donors (Lipinski definition) is 0. The molecule has 4 rings (SSSR count). The van der Waals surface area contributed by atoms with Gasteiger partial charge in [-0.05, 0) is 89.4 Å². The van der Waals surface area contributed by atoms with Crippen LogP contribution in [-0.4, -0.2) is 61.8 Å². The van der Waals surface area contributed by atoms with Gasteiger partial charge in [0.2, 0.25) is 0 Å². The average molecular weight is 486 g/mol. The van der Waals surface area contributed by atoms with Crippen LogP contribution in [0.4, 0.5) is 10.5 Å². The van der Waals surface area contributed by atoms with Gasteiger partial charge in [-0.3, -0.25) is 0 Å². The maximum atomic E-state index is 11.4. The summed E-state index contributed by atoms with van der Waals surface area (Å²) in [4.78, 5) is 17.9. The zero-order valence-electron chi connectivity index (χ0n) is 21.4.